The number of nitrogens with one attached hydrogen (secondary N) is 2. The maximum Gasteiger partial charge on any atom is 0.114 e. The highest BCUT2D eigenvalue weighted by Gasteiger charge is 2.31. The molecule has 2 N–H and O–H groups in total. The fourth-order valence-electron chi connectivity index (χ4n) is 2.41. The first-order valence-corrected chi connectivity index (χ1v) is 6.49. The van der Waals surface area contributed by atoms with Gasteiger partial charge in [0.15, 0.2) is 0 Å². The van der Waals surface area contributed by atoms with Crippen LogP contribution in [0.5, 0.6) is 0 Å². The molecule has 5 nitrogen and oxygen atoms in total. The maximum atomic E-state index is 5.58. The van der Waals surface area contributed by atoms with Gasteiger partial charge in [0.2, 0.25) is 0 Å². The van der Waals surface area contributed by atoms with E-state index < -0.39 is 0 Å². The highest BCUT2D eigenvalue weighted by Crippen LogP contribution is 2.25. The summed E-state index contributed by atoms with van der Waals surface area (Å²) in [4.78, 5) is 12.1. The Morgan fingerprint density at radius 3 is 3.28 bits per heavy atom. The SMILES string of the molecule is CCCNC1COCC1c1nc2ccncc2[nH]1. The summed E-state index contributed by atoms with van der Waals surface area (Å²) in [7, 11) is 0. The summed E-state index contributed by atoms with van der Waals surface area (Å²) in [6.07, 6.45) is 4.72. The van der Waals surface area contributed by atoms with Gasteiger partial charge >= 0.3 is 0 Å². The number of H-pyrrole nitrogens is 1. The van der Waals surface area contributed by atoms with Crippen molar-refractivity contribution in [3.05, 3.63) is 24.3 Å². The lowest BCUT2D eigenvalue weighted by molar-refractivity contribution is 0.187. The predicted molar refractivity (Wildman–Crippen MR) is 69.5 cm³/mol. The molecule has 0 radical (unpaired) electrons. The zero-order chi connectivity index (χ0) is 12.4. The van der Waals surface area contributed by atoms with Crippen molar-refractivity contribution in [2.24, 2.45) is 0 Å². The molecule has 0 spiro atoms. The number of rotatable bonds is 4. The van der Waals surface area contributed by atoms with Crippen LogP contribution < -0.4 is 5.32 Å². The Balaban J connectivity index is 1.84. The lowest BCUT2D eigenvalue weighted by Gasteiger charge is -2.16. The summed E-state index contributed by atoms with van der Waals surface area (Å²) < 4.78 is 5.58. The first-order chi connectivity index (χ1) is 8.88. The average molecular weight is 246 g/mol. The van der Waals surface area contributed by atoms with Gasteiger partial charge in [-0.15, -0.1) is 0 Å². The molecule has 2 aromatic rings. The molecular formula is C13H18N4O. The Kier molecular flexibility index (Phi) is 3.25. The van der Waals surface area contributed by atoms with Crippen LogP contribution in [0.25, 0.3) is 11.0 Å². The minimum atomic E-state index is 0.309. The number of nitrogens with zero attached hydrogens (tertiary/aromatic N) is 2. The van der Waals surface area contributed by atoms with Crippen LogP contribution in [0, 0.1) is 0 Å². The van der Waals surface area contributed by atoms with Crippen molar-refractivity contribution in [2.45, 2.75) is 25.3 Å². The standard InChI is InChI=1S/C13H18N4O/c1-2-4-15-12-8-18-7-9(12)13-16-10-3-5-14-6-11(10)17-13/h3,5-6,9,12,15H,2,4,7-8H2,1H3,(H,16,17). The van der Waals surface area contributed by atoms with Gasteiger partial charge in [-0.1, -0.05) is 6.92 Å². The molecule has 0 amide bonds. The molecule has 1 aliphatic rings. The first-order valence-electron chi connectivity index (χ1n) is 6.49. The molecule has 2 atom stereocenters. The van der Waals surface area contributed by atoms with Crippen LogP contribution in [0.2, 0.25) is 0 Å². The van der Waals surface area contributed by atoms with Crippen molar-refractivity contribution in [3.8, 4) is 0 Å². The molecule has 0 bridgehead atoms. The third kappa shape index (κ3) is 2.11. The van der Waals surface area contributed by atoms with E-state index in [9.17, 15) is 0 Å². The highest BCUT2D eigenvalue weighted by molar-refractivity contribution is 5.73. The third-order valence-corrected chi connectivity index (χ3v) is 3.39. The Morgan fingerprint density at radius 2 is 2.44 bits per heavy atom. The van der Waals surface area contributed by atoms with E-state index >= 15 is 0 Å². The molecule has 0 saturated carbocycles. The summed E-state index contributed by atoms with van der Waals surface area (Å²) >= 11 is 0. The van der Waals surface area contributed by atoms with E-state index in [1.165, 1.54) is 0 Å². The van der Waals surface area contributed by atoms with Gasteiger partial charge < -0.3 is 15.0 Å². The maximum absolute atomic E-state index is 5.58. The number of aromatic nitrogens is 3. The number of ether oxygens (including phenoxy) is 1. The van der Waals surface area contributed by atoms with Crippen molar-refractivity contribution in [1.82, 2.24) is 20.3 Å². The Morgan fingerprint density at radius 1 is 1.50 bits per heavy atom. The molecule has 18 heavy (non-hydrogen) atoms. The molecule has 5 heteroatoms. The normalized spacial score (nSPS) is 23.8. The second kappa shape index (κ2) is 5.04. The quantitative estimate of drug-likeness (QED) is 0.857. The van der Waals surface area contributed by atoms with E-state index in [-0.39, 0.29) is 0 Å². The van der Waals surface area contributed by atoms with Gasteiger partial charge in [-0.25, -0.2) is 4.98 Å². The van der Waals surface area contributed by atoms with Crippen molar-refractivity contribution >= 4 is 11.0 Å². The van der Waals surface area contributed by atoms with Gasteiger partial charge in [-0.3, -0.25) is 4.98 Å². The van der Waals surface area contributed by atoms with Crippen LogP contribution in [-0.2, 0) is 4.74 Å². The summed E-state index contributed by atoms with van der Waals surface area (Å²) in [5.41, 5.74) is 1.97. The molecule has 1 fully saturated rings. The van der Waals surface area contributed by atoms with E-state index in [1.54, 1.807) is 6.20 Å². The predicted octanol–water partition coefficient (Wildman–Crippen LogP) is 1.44. The Bertz CT molecular complexity index is 491. The monoisotopic (exact) mass is 246 g/mol. The second-order valence-electron chi connectivity index (χ2n) is 4.72. The number of pyridine rings is 1. The van der Waals surface area contributed by atoms with Crippen molar-refractivity contribution in [3.63, 3.8) is 0 Å². The van der Waals surface area contributed by atoms with E-state index in [0.717, 1.165) is 43.0 Å². The van der Waals surface area contributed by atoms with Crippen LogP contribution in [0.1, 0.15) is 25.1 Å². The first kappa shape index (κ1) is 11.6. The van der Waals surface area contributed by atoms with Crippen LogP contribution in [0.3, 0.4) is 0 Å². The molecule has 3 rings (SSSR count). The third-order valence-electron chi connectivity index (χ3n) is 3.39. The lowest BCUT2D eigenvalue weighted by Crippen LogP contribution is -2.35. The molecule has 1 saturated heterocycles. The van der Waals surface area contributed by atoms with Crippen LogP contribution in [-0.4, -0.2) is 40.8 Å². The molecule has 3 heterocycles. The van der Waals surface area contributed by atoms with Crippen LogP contribution in [0.15, 0.2) is 18.5 Å². The molecule has 2 unspecified atom stereocenters. The van der Waals surface area contributed by atoms with E-state index in [1.807, 2.05) is 12.3 Å². The van der Waals surface area contributed by atoms with E-state index in [4.69, 9.17) is 4.74 Å². The fourth-order valence-corrected chi connectivity index (χ4v) is 2.41. The van der Waals surface area contributed by atoms with E-state index in [0.29, 0.717) is 12.0 Å². The Hall–Kier alpha value is -1.46. The van der Waals surface area contributed by atoms with Gasteiger partial charge in [-0.2, -0.15) is 0 Å². The zero-order valence-electron chi connectivity index (χ0n) is 10.5. The minimum Gasteiger partial charge on any atom is -0.379 e. The zero-order valence-corrected chi connectivity index (χ0v) is 10.5. The number of hydrogen-bond donors (Lipinski definition) is 2. The van der Waals surface area contributed by atoms with Crippen molar-refractivity contribution in [2.75, 3.05) is 19.8 Å². The summed E-state index contributed by atoms with van der Waals surface area (Å²) in [5, 5.41) is 3.52. The van der Waals surface area contributed by atoms with Gasteiger partial charge in [0, 0.05) is 12.2 Å². The topological polar surface area (TPSA) is 62.8 Å². The average Bonchev–Trinajstić information content (AvgIpc) is 3.01. The van der Waals surface area contributed by atoms with Gasteiger partial charge in [0.25, 0.3) is 0 Å². The lowest BCUT2D eigenvalue weighted by atomic mass is 10.0. The van der Waals surface area contributed by atoms with Gasteiger partial charge in [-0.05, 0) is 19.0 Å². The van der Waals surface area contributed by atoms with Crippen molar-refractivity contribution < 1.29 is 4.74 Å². The largest absolute Gasteiger partial charge is 0.379 e. The smallest absolute Gasteiger partial charge is 0.114 e. The van der Waals surface area contributed by atoms with Crippen LogP contribution >= 0.6 is 0 Å². The number of hydrogen-bond acceptors (Lipinski definition) is 4. The summed E-state index contributed by atoms with van der Waals surface area (Å²) in [6.45, 7) is 4.69. The second-order valence-corrected chi connectivity index (χ2v) is 4.72. The van der Waals surface area contributed by atoms with Gasteiger partial charge in [0.05, 0.1) is 36.4 Å². The van der Waals surface area contributed by atoms with Crippen LogP contribution in [0.4, 0.5) is 0 Å². The molecule has 96 valence electrons. The summed E-state index contributed by atoms with van der Waals surface area (Å²) in [6, 6.07) is 2.29. The fraction of sp³-hybridized carbons (Fsp3) is 0.538. The summed E-state index contributed by atoms with van der Waals surface area (Å²) in [5.74, 6) is 1.31. The molecule has 1 aliphatic heterocycles. The molecule has 0 aliphatic carbocycles. The number of imidazole rings is 1. The van der Waals surface area contributed by atoms with E-state index in [2.05, 4.69) is 27.2 Å². The minimum absolute atomic E-state index is 0.309. The number of aromatic amines is 1. The molecule has 2 aromatic heterocycles. The molecular weight excluding hydrogens is 228 g/mol. The van der Waals surface area contributed by atoms with Crippen molar-refractivity contribution in [1.29, 1.82) is 0 Å². The highest BCUT2D eigenvalue weighted by atomic mass is 16.5. The number of fused-ring (bicyclic) bond motifs is 1. The Labute approximate surface area is 106 Å². The van der Waals surface area contributed by atoms with Gasteiger partial charge in [0.1, 0.15) is 5.82 Å². The molecule has 0 aromatic carbocycles.